The molecule has 0 bridgehead atoms. The average Bonchev–Trinajstić information content (AvgIpc) is 3.19. The van der Waals surface area contributed by atoms with E-state index in [-0.39, 0.29) is 0 Å². The highest BCUT2D eigenvalue weighted by Crippen LogP contribution is 2.39. The average molecular weight is 419 g/mol. The van der Waals surface area contributed by atoms with Crippen LogP contribution >= 0.6 is 0 Å². The zero-order chi connectivity index (χ0) is 22.9. The summed E-state index contributed by atoms with van der Waals surface area (Å²) in [6, 6.07) is 21.2. The molecule has 0 fully saturated rings. The van der Waals surface area contributed by atoms with Gasteiger partial charge in [0.2, 0.25) is 11.4 Å². The third-order valence-corrected chi connectivity index (χ3v) is 6.61. The van der Waals surface area contributed by atoms with Crippen molar-refractivity contribution in [2.24, 2.45) is 7.05 Å². The number of furan rings is 1. The molecule has 3 heteroatoms. The molecule has 0 atom stereocenters. The highest BCUT2D eigenvalue weighted by Gasteiger charge is 2.22. The van der Waals surface area contributed by atoms with Crippen LogP contribution in [0.2, 0.25) is 0 Å². The highest BCUT2D eigenvalue weighted by atomic mass is 16.3. The van der Waals surface area contributed by atoms with Crippen LogP contribution in [0, 0.1) is 6.92 Å². The molecule has 32 heavy (non-hydrogen) atoms. The van der Waals surface area contributed by atoms with E-state index >= 15 is 0 Å². The largest absolute Gasteiger partial charge is 0.437 e. The van der Waals surface area contributed by atoms with Crippen molar-refractivity contribution in [2.75, 3.05) is 0 Å². The minimum Gasteiger partial charge on any atom is -0.437 e. The maximum Gasteiger partial charge on any atom is 0.227 e. The highest BCUT2D eigenvalue weighted by molar-refractivity contribution is 6.18. The summed E-state index contributed by atoms with van der Waals surface area (Å²) < 4.78 is 16.9. The first-order valence-electron chi connectivity index (χ1n) is 11.5. The first-order valence-corrected chi connectivity index (χ1v) is 11.0. The molecule has 0 aliphatic carbocycles. The Bertz CT molecular complexity index is 1720. The van der Waals surface area contributed by atoms with Gasteiger partial charge >= 0.3 is 0 Å². The molecule has 3 aromatic heterocycles. The summed E-state index contributed by atoms with van der Waals surface area (Å²) in [5.74, 6) is -0.634. The van der Waals surface area contributed by atoms with Crippen molar-refractivity contribution < 1.29 is 10.4 Å². The molecule has 6 rings (SSSR count). The number of pyridine rings is 2. The quantitative estimate of drug-likeness (QED) is 0.278. The summed E-state index contributed by atoms with van der Waals surface area (Å²) in [6.45, 7) is 5.98. The third kappa shape index (κ3) is 2.67. The fourth-order valence-corrected chi connectivity index (χ4v) is 4.88. The smallest absolute Gasteiger partial charge is 0.227 e. The lowest BCUT2D eigenvalue weighted by atomic mass is 9.94. The number of rotatable bonds is 2. The van der Waals surface area contributed by atoms with Crippen LogP contribution in [-0.2, 0) is 7.05 Å². The fourth-order valence-electron chi connectivity index (χ4n) is 4.88. The van der Waals surface area contributed by atoms with Gasteiger partial charge < -0.3 is 4.42 Å². The van der Waals surface area contributed by atoms with Crippen LogP contribution in [0.3, 0.4) is 0 Å². The van der Waals surface area contributed by atoms with E-state index in [1.54, 1.807) is 0 Å². The SMILES string of the molecule is [2H]C(C)(C)c1ccc2c(-c3ccc4c(oc5ncc6ccccc6c54)c3C)[n+](C)ccc2c1. The molecule has 3 nitrogen and oxygen atoms in total. The summed E-state index contributed by atoms with van der Waals surface area (Å²) in [6.07, 6.45) is 3.97. The molecule has 0 aliphatic rings. The molecule has 0 saturated heterocycles. The van der Waals surface area contributed by atoms with Crippen molar-refractivity contribution in [3.05, 3.63) is 84.2 Å². The summed E-state index contributed by atoms with van der Waals surface area (Å²) in [5.41, 5.74) is 5.94. The molecule has 0 spiro atoms. The molecule has 3 aromatic carbocycles. The lowest BCUT2D eigenvalue weighted by molar-refractivity contribution is -0.659. The number of benzene rings is 3. The summed E-state index contributed by atoms with van der Waals surface area (Å²) in [4.78, 5) is 4.60. The Morgan fingerprint density at radius 1 is 0.938 bits per heavy atom. The number of fused-ring (bicyclic) bond motifs is 6. The van der Waals surface area contributed by atoms with Crippen molar-refractivity contribution in [1.82, 2.24) is 4.98 Å². The molecule has 0 radical (unpaired) electrons. The maximum absolute atomic E-state index is 8.42. The molecular formula is C29H25N2O+. The summed E-state index contributed by atoms with van der Waals surface area (Å²) in [5, 5.41) is 6.74. The zero-order valence-corrected chi connectivity index (χ0v) is 18.7. The van der Waals surface area contributed by atoms with Gasteiger partial charge in [-0.15, -0.1) is 0 Å². The normalized spacial score (nSPS) is 12.8. The van der Waals surface area contributed by atoms with E-state index < -0.39 is 5.89 Å². The molecule has 6 aromatic rings. The van der Waals surface area contributed by atoms with Gasteiger partial charge in [-0.25, -0.2) is 9.55 Å². The van der Waals surface area contributed by atoms with Gasteiger partial charge in [-0.05, 0) is 47.4 Å². The van der Waals surface area contributed by atoms with Crippen LogP contribution in [0.25, 0.3) is 54.9 Å². The van der Waals surface area contributed by atoms with Crippen LogP contribution in [-0.4, -0.2) is 4.98 Å². The van der Waals surface area contributed by atoms with Crippen molar-refractivity contribution in [2.45, 2.75) is 26.7 Å². The first kappa shape index (κ1) is 17.9. The number of nitrogens with zero attached hydrogens (tertiary/aromatic N) is 2. The van der Waals surface area contributed by atoms with Crippen molar-refractivity contribution in [1.29, 1.82) is 0 Å². The Balaban J connectivity index is 1.65. The summed E-state index contributed by atoms with van der Waals surface area (Å²) in [7, 11) is 2.08. The van der Waals surface area contributed by atoms with Gasteiger partial charge in [0.15, 0.2) is 6.20 Å². The van der Waals surface area contributed by atoms with E-state index in [9.17, 15) is 0 Å². The number of aromatic nitrogens is 2. The van der Waals surface area contributed by atoms with Gasteiger partial charge in [0.25, 0.3) is 0 Å². The van der Waals surface area contributed by atoms with Crippen molar-refractivity contribution in [3.63, 3.8) is 0 Å². The van der Waals surface area contributed by atoms with Gasteiger partial charge in [0, 0.05) is 30.0 Å². The van der Waals surface area contributed by atoms with E-state index in [4.69, 9.17) is 5.79 Å². The van der Waals surface area contributed by atoms with Gasteiger partial charge in [0.05, 0.1) is 16.3 Å². The predicted octanol–water partition coefficient (Wildman–Crippen LogP) is 7.21. The van der Waals surface area contributed by atoms with Crippen molar-refractivity contribution >= 4 is 43.6 Å². The Morgan fingerprint density at radius 2 is 1.75 bits per heavy atom. The predicted molar refractivity (Wildman–Crippen MR) is 132 cm³/mol. The number of hydrogen-bond donors (Lipinski definition) is 0. The Kier molecular flexibility index (Phi) is 3.86. The molecule has 0 aliphatic heterocycles. The standard InChI is InChI=1S/C29H25N2O/c1-17(2)19-9-10-24-20(15-19)13-14-31(4)27(24)22-11-12-25-26-23-8-6-5-7-21(23)16-30-29(26)32-28(25)18(22)3/h5-17H,1-4H3/q+1/i17D. The third-order valence-electron chi connectivity index (χ3n) is 6.61. The first-order chi connectivity index (χ1) is 15.8. The molecule has 0 unspecified atom stereocenters. The lowest BCUT2D eigenvalue weighted by Gasteiger charge is -2.11. The Hall–Kier alpha value is -3.72. The number of hydrogen-bond acceptors (Lipinski definition) is 2. The fraction of sp³-hybridized carbons (Fsp3) is 0.172. The minimum absolute atomic E-state index is 0.634. The molecule has 0 saturated carbocycles. The topological polar surface area (TPSA) is 29.9 Å². The Morgan fingerprint density at radius 3 is 2.59 bits per heavy atom. The molecule has 0 amide bonds. The zero-order valence-electron chi connectivity index (χ0n) is 19.7. The lowest BCUT2D eigenvalue weighted by Crippen LogP contribution is -2.30. The van der Waals surface area contributed by atoms with Crippen LogP contribution in [0.1, 0.15) is 32.2 Å². The van der Waals surface area contributed by atoms with E-state index in [1.165, 1.54) is 0 Å². The molecule has 156 valence electrons. The van der Waals surface area contributed by atoms with Crippen LogP contribution in [0.15, 0.2) is 77.5 Å². The van der Waals surface area contributed by atoms with Crippen LogP contribution in [0.4, 0.5) is 0 Å². The minimum atomic E-state index is -0.634. The maximum atomic E-state index is 8.42. The second kappa shape index (κ2) is 6.89. The Labute approximate surface area is 188 Å². The molecule has 3 heterocycles. The van der Waals surface area contributed by atoms with Gasteiger partial charge in [-0.2, -0.15) is 0 Å². The molecular weight excluding hydrogens is 392 g/mol. The van der Waals surface area contributed by atoms with E-state index in [0.717, 1.165) is 60.3 Å². The van der Waals surface area contributed by atoms with E-state index in [0.29, 0.717) is 5.71 Å². The van der Waals surface area contributed by atoms with E-state index in [2.05, 4.69) is 84.3 Å². The second-order valence-corrected chi connectivity index (χ2v) is 8.82. The van der Waals surface area contributed by atoms with Gasteiger partial charge in [-0.1, -0.05) is 50.2 Å². The van der Waals surface area contributed by atoms with E-state index in [1.807, 2.05) is 26.1 Å². The van der Waals surface area contributed by atoms with Crippen LogP contribution in [0.5, 0.6) is 0 Å². The van der Waals surface area contributed by atoms with Gasteiger partial charge in [0.1, 0.15) is 12.6 Å². The monoisotopic (exact) mass is 418 g/mol. The van der Waals surface area contributed by atoms with Crippen LogP contribution < -0.4 is 4.57 Å². The van der Waals surface area contributed by atoms with Crippen molar-refractivity contribution in [3.8, 4) is 11.3 Å². The molecule has 0 N–H and O–H groups in total. The summed E-state index contributed by atoms with van der Waals surface area (Å²) >= 11 is 0. The number of aryl methyl sites for hydroxylation is 2. The second-order valence-electron chi connectivity index (χ2n) is 8.82. The van der Waals surface area contributed by atoms with Gasteiger partial charge in [-0.3, -0.25) is 0 Å².